The molecule has 0 radical (unpaired) electrons. The van der Waals surface area contributed by atoms with Gasteiger partial charge in [-0.15, -0.1) is 0 Å². The van der Waals surface area contributed by atoms with Gasteiger partial charge in [-0.1, -0.05) is 26.0 Å². The molecule has 0 aliphatic heterocycles. The van der Waals surface area contributed by atoms with Crippen molar-refractivity contribution in [1.82, 2.24) is 5.32 Å². The maximum atomic E-state index is 13.6. The van der Waals surface area contributed by atoms with Crippen LogP contribution in [0.25, 0.3) is 0 Å². The minimum absolute atomic E-state index is 0.325. The highest BCUT2D eigenvalue weighted by atomic mass is 79.9. The number of hydrogen-bond acceptors (Lipinski definition) is 2. The van der Waals surface area contributed by atoms with Gasteiger partial charge in [-0.3, -0.25) is 0 Å². The van der Waals surface area contributed by atoms with Crippen molar-refractivity contribution < 1.29 is 9.50 Å². The first-order valence-electron chi connectivity index (χ1n) is 5.35. The molecule has 0 spiro atoms. The Labute approximate surface area is 104 Å². The zero-order valence-corrected chi connectivity index (χ0v) is 11.1. The molecule has 0 saturated carbocycles. The predicted molar refractivity (Wildman–Crippen MR) is 66.8 cm³/mol. The summed E-state index contributed by atoms with van der Waals surface area (Å²) in [5, 5.41) is 12.9. The fraction of sp³-hybridized carbons (Fsp3) is 0.500. The Morgan fingerprint density at radius 1 is 1.38 bits per heavy atom. The second-order valence-corrected chi connectivity index (χ2v) is 5.07. The van der Waals surface area contributed by atoms with Crippen LogP contribution in [0, 0.1) is 11.7 Å². The van der Waals surface area contributed by atoms with E-state index in [1.54, 1.807) is 18.2 Å². The standard InChI is InChI=1S/C12H17BrFNO/c1-8(2)6-15-7-11(16)9-4-3-5-10(13)12(9)14/h3-5,8,11,15-16H,6-7H2,1-2H3. The molecule has 0 bridgehead atoms. The Kier molecular flexibility index (Phi) is 5.38. The summed E-state index contributed by atoms with van der Waals surface area (Å²) < 4.78 is 14.0. The minimum Gasteiger partial charge on any atom is -0.387 e. The van der Waals surface area contributed by atoms with Crippen molar-refractivity contribution in [2.45, 2.75) is 20.0 Å². The monoisotopic (exact) mass is 289 g/mol. The maximum Gasteiger partial charge on any atom is 0.143 e. The van der Waals surface area contributed by atoms with E-state index in [4.69, 9.17) is 0 Å². The zero-order valence-electron chi connectivity index (χ0n) is 9.50. The number of rotatable bonds is 5. The molecule has 90 valence electrons. The Bertz CT molecular complexity index is 344. The summed E-state index contributed by atoms with van der Waals surface area (Å²) in [6.07, 6.45) is -0.809. The highest BCUT2D eigenvalue weighted by molar-refractivity contribution is 9.10. The first kappa shape index (κ1) is 13.6. The fourth-order valence-corrected chi connectivity index (χ4v) is 1.78. The molecular weight excluding hydrogens is 273 g/mol. The minimum atomic E-state index is -0.809. The molecule has 0 heterocycles. The largest absolute Gasteiger partial charge is 0.387 e. The molecule has 1 unspecified atom stereocenters. The third-order valence-electron chi connectivity index (χ3n) is 2.23. The van der Waals surface area contributed by atoms with Crippen LogP contribution in [0.1, 0.15) is 25.5 Å². The lowest BCUT2D eigenvalue weighted by Crippen LogP contribution is -2.25. The summed E-state index contributed by atoms with van der Waals surface area (Å²) in [5.74, 6) is 0.126. The van der Waals surface area contributed by atoms with Gasteiger partial charge in [-0.2, -0.15) is 0 Å². The Hall–Kier alpha value is -0.450. The Balaban J connectivity index is 2.59. The lowest BCUT2D eigenvalue weighted by molar-refractivity contribution is 0.168. The highest BCUT2D eigenvalue weighted by Crippen LogP contribution is 2.23. The van der Waals surface area contributed by atoms with Gasteiger partial charge < -0.3 is 10.4 Å². The van der Waals surface area contributed by atoms with E-state index in [0.29, 0.717) is 22.5 Å². The molecule has 1 rings (SSSR count). The van der Waals surface area contributed by atoms with Gasteiger partial charge in [-0.25, -0.2) is 4.39 Å². The van der Waals surface area contributed by atoms with Crippen LogP contribution in [0.2, 0.25) is 0 Å². The average Bonchev–Trinajstić information content (AvgIpc) is 2.21. The molecule has 1 aromatic rings. The second-order valence-electron chi connectivity index (χ2n) is 4.21. The van der Waals surface area contributed by atoms with Crippen LogP contribution in [0.4, 0.5) is 4.39 Å². The Morgan fingerprint density at radius 3 is 2.69 bits per heavy atom. The van der Waals surface area contributed by atoms with Crippen LogP contribution in [-0.2, 0) is 0 Å². The normalized spacial score (nSPS) is 13.1. The van der Waals surface area contributed by atoms with Gasteiger partial charge in [0, 0.05) is 12.1 Å². The van der Waals surface area contributed by atoms with Gasteiger partial charge in [0.15, 0.2) is 0 Å². The molecule has 0 amide bonds. The SMILES string of the molecule is CC(C)CNCC(O)c1cccc(Br)c1F. The average molecular weight is 290 g/mol. The molecule has 16 heavy (non-hydrogen) atoms. The highest BCUT2D eigenvalue weighted by Gasteiger charge is 2.14. The van der Waals surface area contributed by atoms with Crippen molar-refractivity contribution in [3.63, 3.8) is 0 Å². The van der Waals surface area contributed by atoms with E-state index < -0.39 is 6.10 Å². The van der Waals surface area contributed by atoms with E-state index in [1.165, 1.54) is 0 Å². The summed E-state index contributed by atoms with van der Waals surface area (Å²) in [6.45, 7) is 5.34. The smallest absolute Gasteiger partial charge is 0.143 e. The molecule has 0 aliphatic carbocycles. The predicted octanol–water partition coefficient (Wildman–Crippen LogP) is 2.87. The van der Waals surface area contributed by atoms with Gasteiger partial charge in [-0.05, 0) is 34.5 Å². The third kappa shape index (κ3) is 3.85. The summed E-state index contributed by atoms with van der Waals surface area (Å²) in [4.78, 5) is 0. The van der Waals surface area contributed by atoms with E-state index in [-0.39, 0.29) is 5.82 Å². The summed E-state index contributed by atoms with van der Waals surface area (Å²) in [6, 6.07) is 4.93. The molecule has 0 saturated heterocycles. The van der Waals surface area contributed by atoms with Gasteiger partial charge in [0.2, 0.25) is 0 Å². The van der Waals surface area contributed by atoms with Gasteiger partial charge >= 0.3 is 0 Å². The van der Waals surface area contributed by atoms with Crippen molar-refractivity contribution in [2.75, 3.05) is 13.1 Å². The molecule has 4 heteroatoms. The molecular formula is C12H17BrFNO. The fourth-order valence-electron chi connectivity index (χ4n) is 1.40. The molecule has 2 N–H and O–H groups in total. The van der Waals surface area contributed by atoms with Crippen LogP contribution in [-0.4, -0.2) is 18.2 Å². The van der Waals surface area contributed by atoms with E-state index in [9.17, 15) is 9.50 Å². The van der Waals surface area contributed by atoms with E-state index in [0.717, 1.165) is 6.54 Å². The number of aliphatic hydroxyl groups is 1. The van der Waals surface area contributed by atoms with E-state index in [1.807, 2.05) is 0 Å². The van der Waals surface area contributed by atoms with E-state index in [2.05, 4.69) is 35.1 Å². The number of halogens is 2. The third-order valence-corrected chi connectivity index (χ3v) is 2.84. The van der Waals surface area contributed by atoms with Crippen molar-refractivity contribution in [1.29, 1.82) is 0 Å². The quantitative estimate of drug-likeness (QED) is 0.874. The summed E-state index contributed by atoms with van der Waals surface area (Å²) >= 11 is 3.10. The van der Waals surface area contributed by atoms with Crippen molar-refractivity contribution in [3.8, 4) is 0 Å². The van der Waals surface area contributed by atoms with Crippen molar-refractivity contribution >= 4 is 15.9 Å². The van der Waals surface area contributed by atoms with E-state index >= 15 is 0 Å². The molecule has 0 fully saturated rings. The lowest BCUT2D eigenvalue weighted by Gasteiger charge is -2.14. The number of nitrogens with one attached hydrogen (secondary N) is 1. The topological polar surface area (TPSA) is 32.3 Å². The first-order valence-corrected chi connectivity index (χ1v) is 6.14. The maximum absolute atomic E-state index is 13.6. The van der Waals surface area contributed by atoms with Crippen molar-refractivity contribution in [3.05, 3.63) is 34.1 Å². The summed E-state index contributed by atoms with van der Waals surface area (Å²) in [7, 11) is 0. The van der Waals surface area contributed by atoms with Crippen LogP contribution >= 0.6 is 15.9 Å². The number of benzene rings is 1. The van der Waals surface area contributed by atoms with Gasteiger partial charge in [0.1, 0.15) is 5.82 Å². The number of hydrogen-bond donors (Lipinski definition) is 2. The van der Waals surface area contributed by atoms with Crippen LogP contribution in [0.3, 0.4) is 0 Å². The van der Waals surface area contributed by atoms with Gasteiger partial charge in [0.05, 0.1) is 10.6 Å². The second kappa shape index (κ2) is 6.33. The number of aliphatic hydroxyl groups excluding tert-OH is 1. The van der Waals surface area contributed by atoms with Gasteiger partial charge in [0.25, 0.3) is 0 Å². The zero-order chi connectivity index (χ0) is 12.1. The molecule has 1 aromatic carbocycles. The molecule has 2 nitrogen and oxygen atoms in total. The van der Waals surface area contributed by atoms with Crippen LogP contribution in [0.5, 0.6) is 0 Å². The van der Waals surface area contributed by atoms with Crippen molar-refractivity contribution in [2.24, 2.45) is 5.92 Å². The molecule has 0 aromatic heterocycles. The van der Waals surface area contributed by atoms with Crippen LogP contribution < -0.4 is 5.32 Å². The summed E-state index contributed by atoms with van der Waals surface area (Å²) in [5.41, 5.74) is 0.325. The Morgan fingerprint density at radius 2 is 2.06 bits per heavy atom. The lowest BCUT2D eigenvalue weighted by atomic mass is 10.1. The van der Waals surface area contributed by atoms with Crippen LogP contribution in [0.15, 0.2) is 22.7 Å². The molecule has 1 atom stereocenters. The first-order chi connectivity index (χ1) is 7.52. The molecule has 0 aliphatic rings.